The Labute approximate surface area is 134 Å². The van der Waals surface area contributed by atoms with E-state index in [-0.39, 0.29) is 11.4 Å². The minimum absolute atomic E-state index is 0.110. The molecule has 1 amide bonds. The monoisotopic (exact) mass is 300 g/mol. The maximum absolute atomic E-state index is 13.1. The highest BCUT2D eigenvalue weighted by Gasteiger charge is 2.48. The van der Waals surface area contributed by atoms with Crippen molar-refractivity contribution in [1.82, 2.24) is 9.80 Å². The second-order valence-corrected chi connectivity index (χ2v) is 7.00. The van der Waals surface area contributed by atoms with Gasteiger partial charge < -0.3 is 9.80 Å². The fourth-order valence-electron chi connectivity index (χ4n) is 4.29. The van der Waals surface area contributed by atoms with E-state index in [0.29, 0.717) is 6.04 Å². The molecule has 0 aromatic heterocycles. The number of nitrogens with zero attached hydrogens (tertiary/aromatic N) is 2. The molecule has 0 unspecified atom stereocenters. The summed E-state index contributed by atoms with van der Waals surface area (Å²) in [6.07, 6.45) is 7.36. The van der Waals surface area contributed by atoms with Crippen LogP contribution in [0.5, 0.6) is 0 Å². The molecule has 0 bridgehead atoms. The molecule has 3 heteroatoms. The second-order valence-electron chi connectivity index (χ2n) is 7.00. The third-order valence-electron chi connectivity index (χ3n) is 5.75. The van der Waals surface area contributed by atoms with Gasteiger partial charge in [-0.2, -0.15) is 0 Å². The van der Waals surface area contributed by atoms with Gasteiger partial charge in [-0.15, -0.1) is 0 Å². The maximum atomic E-state index is 13.1. The topological polar surface area (TPSA) is 23.6 Å². The van der Waals surface area contributed by atoms with E-state index in [9.17, 15) is 4.79 Å². The summed E-state index contributed by atoms with van der Waals surface area (Å²) < 4.78 is 0. The Morgan fingerprint density at radius 2 is 1.91 bits per heavy atom. The van der Waals surface area contributed by atoms with E-state index >= 15 is 0 Å². The first-order chi connectivity index (χ1) is 10.7. The van der Waals surface area contributed by atoms with Gasteiger partial charge in [-0.3, -0.25) is 4.79 Å². The van der Waals surface area contributed by atoms with E-state index in [1.807, 2.05) is 30.3 Å². The Balaban J connectivity index is 1.87. The number of rotatable bonds is 3. The molecule has 1 aromatic rings. The molecule has 3 rings (SSSR count). The smallest absolute Gasteiger partial charge is 0.254 e. The van der Waals surface area contributed by atoms with Gasteiger partial charge in [-0.1, -0.05) is 44.4 Å². The Morgan fingerprint density at radius 1 is 1.23 bits per heavy atom. The number of carbonyl (C=O) groups is 1. The van der Waals surface area contributed by atoms with E-state index in [1.165, 1.54) is 32.1 Å². The molecular weight excluding hydrogens is 272 g/mol. The molecule has 120 valence electrons. The summed E-state index contributed by atoms with van der Waals surface area (Å²) in [4.78, 5) is 17.7. The molecule has 1 aromatic carbocycles. The van der Waals surface area contributed by atoms with Crippen LogP contribution >= 0.6 is 0 Å². The van der Waals surface area contributed by atoms with Crippen LogP contribution in [-0.4, -0.2) is 47.4 Å². The molecule has 2 aliphatic rings. The minimum atomic E-state index is 0.110. The van der Waals surface area contributed by atoms with Gasteiger partial charge in [0, 0.05) is 23.7 Å². The zero-order valence-electron chi connectivity index (χ0n) is 13.9. The van der Waals surface area contributed by atoms with Crippen molar-refractivity contribution in [1.29, 1.82) is 0 Å². The number of amides is 1. The summed E-state index contributed by atoms with van der Waals surface area (Å²) in [7, 11) is 2.19. The van der Waals surface area contributed by atoms with Crippen LogP contribution in [0.25, 0.3) is 0 Å². The lowest BCUT2D eigenvalue weighted by Crippen LogP contribution is -2.48. The summed E-state index contributed by atoms with van der Waals surface area (Å²) in [6.45, 7) is 4.14. The van der Waals surface area contributed by atoms with Crippen LogP contribution in [0.15, 0.2) is 30.3 Å². The summed E-state index contributed by atoms with van der Waals surface area (Å²) in [5, 5.41) is 0. The molecule has 3 nitrogen and oxygen atoms in total. The first-order valence-corrected chi connectivity index (χ1v) is 8.73. The van der Waals surface area contributed by atoms with Crippen molar-refractivity contribution in [2.45, 2.75) is 57.0 Å². The molecule has 0 radical (unpaired) electrons. The van der Waals surface area contributed by atoms with Crippen molar-refractivity contribution < 1.29 is 4.79 Å². The van der Waals surface area contributed by atoms with Gasteiger partial charge in [0.1, 0.15) is 0 Å². The molecule has 1 saturated heterocycles. The fourth-order valence-corrected chi connectivity index (χ4v) is 4.29. The SMILES string of the molecule is CCN(C)[C@H]1CN(C(=O)c2ccccc2)C2(CCCCC2)C1. The van der Waals surface area contributed by atoms with Crippen LogP contribution in [0, 0.1) is 0 Å². The van der Waals surface area contributed by atoms with Crippen molar-refractivity contribution in [3.63, 3.8) is 0 Å². The van der Waals surface area contributed by atoms with Crippen molar-refractivity contribution >= 4 is 5.91 Å². The quantitative estimate of drug-likeness (QED) is 0.852. The van der Waals surface area contributed by atoms with E-state index in [4.69, 9.17) is 0 Å². The van der Waals surface area contributed by atoms with Crippen LogP contribution < -0.4 is 0 Å². The number of likely N-dealkylation sites (tertiary alicyclic amines) is 1. The standard InChI is InChI=1S/C19H28N2O/c1-3-20(2)17-14-19(12-8-5-9-13-19)21(15-17)18(22)16-10-6-4-7-11-16/h4,6-7,10-11,17H,3,5,8-9,12-15H2,1-2H3/t17-/m1/s1. The molecule has 2 fully saturated rings. The molecule has 1 spiro atoms. The molecule has 0 N–H and O–H groups in total. The van der Waals surface area contributed by atoms with E-state index in [2.05, 4.69) is 23.8 Å². The van der Waals surface area contributed by atoms with Crippen molar-refractivity contribution in [2.75, 3.05) is 20.1 Å². The van der Waals surface area contributed by atoms with Gasteiger partial charge >= 0.3 is 0 Å². The summed E-state index contributed by atoms with van der Waals surface area (Å²) >= 11 is 0. The average Bonchev–Trinajstić information content (AvgIpc) is 2.93. The first kappa shape index (κ1) is 15.5. The lowest BCUT2D eigenvalue weighted by Gasteiger charge is -2.41. The van der Waals surface area contributed by atoms with Crippen LogP contribution in [0.4, 0.5) is 0 Å². The highest BCUT2D eigenvalue weighted by atomic mass is 16.2. The zero-order chi connectivity index (χ0) is 15.6. The van der Waals surface area contributed by atoms with Crippen LogP contribution in [0.3, 0.4) is 0 Å². The van der Waals surface area contributed by atoms with Crippen LogP contribution in [0.2, 0.25) is 0 Å². The number of likely N-dealkylation sites (N-methyl/N-ethyl adjacent to an activating group) is 1. The lowest BCUT2D eigenvalue weighted by atomic mass is 9.79. The van der Waals surface area contributed by atoms with Gasteiger partial charge in [0.2, 0.25) is 0 Å². The predicted molar refractivity (Wildman–Crippen MR) is 90.0 cm³/mol. The first-order valence-electron chi connectivity index (χ1n) is 8.73. The molecule has 1 atom stereocenters. The Hall–Kier alpha value is -1.35. The number of benzene rings is 1. The van der Waals surface area contributed by atoms with E-state index in [0.717, 1.165) is 25.1 Å². The fraction of sp³-hybridized carbons (Fsp3) is 0.632. The van der Waals surface area contributed by atoms with Crippen molar-refractivity contribution in [2.24, 2.45) is 0 Å². The number of hydrogen-bond donors (Lipinski definition) is 0. The van der Waals surface area contributed by atoms with E-state index in [1.54, 1.807) is 0 Å². The third kappa shape index (κ3) is 2.79. The van der Waals surface area contributed by atoms with Gasteiger partial charge in [-0.05, 0) is 45.0 Å². The molecule has 1 heterocycles. The molecular formula is C19H28N2O. The number of hydrogen-bond acceptors (Lipinski definition) is 2. The minimum Gasteiger partial charge on any atom is -0.331 e. The summed E-state index contributed by atoms with van der Waals surface area (Å²) in [5.41, 5.74) is 0.950. The summed E-state index contributed by atoms with van der Waals surface area (Å²) in [5.74, 6) is 0.231. The Kier molecular flexibility index (Phi) is 4.53. The highest BCUT2D eigenvalue weighted by Crippen LogP contribution is 2.43. The number of carbonyl (C=O) groups excluding carboxylic acids is 1. The van der Waals surface area contributed by atoms with Gasteiger partial charge in [0.25, 0.3) is 5.91 Å². The zero-order valence-corrected chi connectivity index (χ0v) is 13.9. The largest absolute Gasteiger partial charge is 0.331 e. The van der Waals surface area contributed by atoms with Gasteiger partial charge in [-0.25, -0.2) is 0 Å². The average molecular weight is 300 g/mol. The second kappa shape index (κ2) is 6.41. The third-order valence-corrected chi connectivity index (χ3v) is 5.75. The van der Waals surface area contributed by atoms with Gasteiger partial charge in [0.05, 0.1) is 0 Å². The molecule has 1 aliphatic carbocycles. The van der Waals surface area contributed by atoms with E-state index < -0.39 is 0 Å². The highest BCUT2D eigenvalue weighted by molar-refractivity contribution is 5.95. The summed E-state index contributed by atoms with van der Waals surface area (Å²) in [6, 6.07) is 10.3. The Morgan fingerprint density at radius 3 is 2.55 bits per heavy atom. The maximum Gasteiger partial charge on any atom is 0.254 e. The molecule has 1 aliphatic heterocycles. The van der Waals surface area contributed by atoms with Crippen LogP contribution in [0.1, 0.15) is 55.8 Å². The molecule has 22 heavy (non-hydrogen) atoms. The lowest BCUT2D eigenvalue weighted by molar-refractivity contribution is 0.0499. The van der Waals surface area contributed by atoms with Crippen molar-refractivity contribution in [3.8, 4) is 0 Å². The van der Waals surface area contributed by atoms with Crippen LogP contribution in [-0.2, 0) is 0 Å². The normalized spacial score (nSPS) is 24.1. The predicted octanol–water partition coefficient (Wildman–Crippen LogP) is 3.56. The molecule has 1 saturated carbocycles. The van der Waals surface area contributed by atoms with Crippen molar-refractivity contribution in [3.05, 3.63) is 35.9 Å². The van der Waals surface area contributed by atoms with Gasteiger partial charge in [0.15, 0.2) is 0 Å². The Bertz CT molecular complexity index is 507.